The number of hydrogen-bond donors (Lipinski definition) is 1. The summed E-state index contributed by atoms with van der Waals surface area (Å²) in [5.74, 6) is -0.574. The molecule has 3 amide bonds. The van der Waals surface area contributed by atoms with Crippen molar-refractivity contribution in [3.05, 3.63) is 90.5 Å². The number of ether oxygens (including phenoxy) is 1. The van der Waals surface area contributed by atoms with Gasteiger partial charge in [0, 0.05) is 31.6 Å². The lowest BCUT2D eigenvalue weighted by atomic mass is 9.69. The van der Waals surface area contributed by atoms with Crippen LogP contribution in [0.2, 0.25) is 5.02 Å². The Morgan fingerprint density at radius 3 is 2.41 bits per heavy atom. The predicted octanol–water partition coefficient (Wildman–Crippen LogP) is 5.95. The molecule has 2 saturated carbocycles. The van der Waals surface area contributed by atoms with Gasteiger partial charge in [-0.2, -0.15) is 0 Å². The zero-order valence-electron chi connectivity index (χ0n) is 23.3. The van der Waals surface area contributed by atoms with Crippen LogP contribution in [0, 0.1) is 29.6 Å². The molecule has 4 aromatic rings. The first kappa shape index (κ1) is 28.1. The number of amides is 3. The Morgan fingerprint density at radius 1 is 1.00 bits per heavy atom. The van der Waals surface area contributed by atoms with Crippen molar-refractivity contribution < 1.29 is 19.1 Å². The van der Waals surface area contributed by atoms with E-state index in [0.29, 0.717) is 22.1 Å². The van der Waals surface area contributed by atoms with Crippen LogP contribution >= 0.6 is 46.0 Å². The van der Waals surface area contributed by atoms with Crippen LogP contribution in [0.25, 0.3) is 0 Å². The molecule has 2 aromatic carbocycles. The minimum Gasteiger partial charge on any atom is -0.497 e. The quantitative estimate of drug-likeness (QED) is 0.256. The highest BCUT2D eigenvalue weighted by Crippen LogP contribution is 2.69. The van der Waals surface area contributed by atoms with Crippen molar-refractivity contribution in [2.75, 3.05) is 17.3 Å². The summed E-state index contributed by atoms with van der Waals surface area (Å²) in [7, 11) is 1.58. The number of nitrogens with zero attached hydrogens (tertiary/aromatic N) is 2. The highest BCUT2D eigenvalue weighted by Gasteiger charge is 2.70. The summed E-state index contributed by atoms with van der Waals surface area (Å²) in [6.45, 7) is -0.111. The van der Waals surface area contributed by atoms with Crippen LogP contribution in [0.3, 0.4) is 0 Å². The van der Waals surface area contributed by atoms with Crippen LogP contribution in [-0.4, -0.2) is 34.6 Å². The number of carbonyl (C=O) groups excluding carboxylic acids is 3. The standard InChI is InChI=1S/C32H26ClN3O5S3/c1-41-18-10-6-16(7-11-18)34-22(37)14-35-31-28(44-32(35)40)26(21-3-2-12-42-21)23-19-13-20(27(23)43-31)25-24(19)29(38)36(30(25)39)17-8-4-15(33)5-9-17/h2-12,19-20,23-27H,13-14H2,1H3,(H,34,37). The topological polar surface area (TPSA) is 97.7 Å². The minimum absolute atomic E-state index is 0.000871. The Balaban J connectivity index is 1.14. The van der Waals surface area contributed by atoms with Crippen molar-refractivity contribution >= 4 is 75.1 Å². The smallest absolute Gasteiger partial charge is 0.308 e. The number of hydrogen-bond acceptors (Lipinski definition) is 8. The second-order valence-electron chi connectivity index (χ2n) is 11.7. The van der Waals surface area contributed by atoms with E-state index in [-0.39, 0.29) is 69.9 Å². The fraction of sp³-hybridized carbons (Fsp3) is 0.312. The molecule has 4 aliphatic rings. The minimum atomic E-state index is -0.389. The SMILES string of the molecule is COc1ccc(NC(=O)Cn2c3c(sc2=O)C(c2cccs2)C2C4CC(C2S3)C2C(=O)N(c3ccc(Cl)cc3)C(=O)C42)cc1. The Labute approximate surface area is 270 Å². The summed E-state index contributed by atoms with van der Waals surface area (Å²) in [4.78, 5) is 57.7. The molecule has 1 saturated heterocycles. The van der Waals surface area contributed by atoms with Gasteiger partial charge in [0.1, 0.15) is 12.3 Å². The third-order valence-corrected chi connectivity index (χ3v) is 13.6. The average molecular weight is 664 g/mol. The molecule has 2 aliphatic heterocycles. The number of methoxy groups -OCH3 is 1. The molecule has 224 valence electrons. The molecule has 2 aliphatic carbocycles. The molecule has 1 N–H and O–H groups in total. The van der Waals surface area contributed by atoms with Crippen LogP contribution in [0.4, 0.5) is 11.4 Å². The van der Waals surface area contributed by atoms with Gasteiger partial charge in [0.05, 0.1) is 29.7 Å². The number of carbonyl (C=O) groups is 3. The van der Waals surface area contributed by atoms with Crippen molar-refractivity contribution in [2.24, 2.45) is 29.6 Å². The number of anilines is 2. The zero-order valence-corrected chi connectivity index (χ0v) is 26.6. The number of benzene rings is 2. The fourth-order valence-electron chi connectivity index (χ4n) is 7.90. The van der Waals surface area contributed by atoms with Gasteiger partial charge < -0.3 is 10.1 Å². The van der Waals surface area contributed by atoms with Gasteiger partial charge in [-0.1, -0.05) is 29.0 Å². The van der Waals surface area contributed by atoms with Crippen LogP contribution in [0.5, 0.6) is 5.75 Å². The van der Waals surface area contributed by atoms with E-state index in [1.807, 2.05) is 11.4 Å². The molecule has 0 radical (unpaired) electrons. The van der Waals surface area contributed by atoms with Crippen molar-refractivity contribution in [1.82, 2.24) is 4.57 Å². The number of thiazole rings is 1. The van der Waals surface area contributed by atoms with E-state index in [1.54, 1.807) is 83.3 Å². The van der Waals surface area contributed by atoms with Gasteiger partial charge in [0.25, 0.3) is 0 Å². The molecule has 0 spiro atoms. The monoisotopic (exact) mass is 663 g/mol. The number of halogens is 1. The molecule has 4 heterocycles. The van der Waals surface area contributed by atoms with Crippen LogP contribution in [0.1, 0.15) is 22.1 Å². The highest BCUT2D eigenvalue weighted by atomic mass is 35.5. The predicted molar refractivity (Wildman–Crippen MR) is 172 cm³/mol. The summed E-state index contributed by atoms with van der Waals surface area (Å²) >= 11 is 10.6. The van der Waals surface area contributed by atoms with Gasteiger partial charge in [0.15, 0.2) is 0 Å². The Morgan fingerprint density at radius 2 is 1.73 bits per heavy atom. The number of thioether (sulfide) groups is 1. The largest absolute Gasteiger partial charge is 0.497 e. The van der Waals surface area contributed by atoms with E-state index in [4.69, 9.17) is 16.3 Å². The molecular weight excluding hydrogens is 638 g/mol. The lowest BCUT2D eigenvalue weighted by Gasteiger charge is -2.42. The van der Waals surface area contributed by atoms with Gasteiger partial charge in [-0.05, 0) is 84.2 Å². The van der Waals surface area contributed by atoms with E-state index < -0.39 is 0 Å². The maximum atomic E-state index is 13.9. The van der Waals surface area contributed by atoms with Gasteiger partial charge in [-0.25, -0.2) is 0 Å². The molecule has 7 unspecified atom stereocenters. The Kier molecular flexibility index (Phi) is 6.78. The fourth-order valence-corrected chi connectivity index (χ4v) is 12.1. The van der Waals surface area contributed by atoms with E-state index in [9.17, 15) is 19.2 Å². The molecule has 8 rings (SSSR count). The second-order valence-corrected chi connectivity index (χ2v) is 15.2. The Bertz CT molecular complexity index is 1850. The van der Waals surface area contributed by atoms with Crippen molar-refractivity contribution in [2.45, 2.75) is 29.2 Å². The van der Waals surface area contributed by atoms with Gasteiger partial charge in [-0.3, -0.25) is 28.6 Å². The summed E-state index contributed by atoms with van der Waals surface area (Å²) < 4.78 is 6.79. The number of imide groups is 1. The van der Waals surface area contributed by atoms with Gasteiger partial charge >= 0.3 is 4.87 Å². The van der Waals surface area contributed by atoms with Crippen molar-refractivity contribution in [3.8, 4) is 5.75 Å². The maximum Gasteiger partial charge on any atom is 0.308 e. The third-order valence-electron chi connectivity index (χ3n) is 9.56. The first-order chi connectivity index (χ1) is 21.3. The van der Waals surface area contributed by atoms with E-state index >= 15 is 0 Å². The number of thiophene rings is 1. The molecular formula is C32H26ClN3O5S3. The molecule has 44 heavy (non-hydrogen) atoms. The molecule has 12 heteroatoms. The lowest BCUT2D eigenvalue weighted by Crippen LogP contribution is -2.43. The average Bonchev–Trinajstić information content (AvgIpc) is 3.84. The Hall–Kier alpha value is -3.38. The van der Waals surface area contributed by atoms with Crippen molar-refractivity contribution in [3.63, 3.8) is 0 Å². The summed E-state index contributed by atoms with van der Waals surface area (Å²) in [5, 5.41) is 6.33. The van der Waals surface area contributed by atoms with Crippen molar-refractivity contribution in [1.29, 1.82) is 0 Å². The normalized spacial score (nSPS) is 28.1. The summed E-state index contributed by atoms with van der Waals surface area (Å²) in [5.41, 5.74) is 1.17. The van der Waals surface area contributed by atoms with E-state index in [1.165, 1.54) is 16.2 Å². The van der Waals surface area contributed by atoms with Crippen LogP contribution < -0.4 is 19.8 Å². The van der Waals surface area contributed by atoms with E-state index in [2.05, 4.69) is 11.4 Å². The van der Waals surface area contributed by atoms with Crippen LogP contribution in [0.15, 0.2) is 75.9 Å². The van der Waals surface area contributed by atoms with Crippen LogP contribution in [-0.2, 0) is 20.9 Å². The molecule has 7 atom stereocenters. The summed E-state index contributed by atoms with van der Waals surface area (Å²) in [6, 6.07) is 18.0. The maximum absolute atomic E-state index is 13.9. The first-order valence-corrected chi connectivity index (χ1v) is 17.3. The number of nitrogens with one attached hydrogen (secondary N) is 1. The van der Waals surface area contributed by atoms with Gasteiger partial charge in [0.2, 0.25) is 17.7 Å². The zero-order chi connectivity index (χ0) is 30.3. The number of aromatic nitrogens is 1. The third kappa shape index (κ3) is 4.23. The molecule has 3 fully saturated rings. The number of rotatable bonds is 6. The molecule has 2 aromatic heterocycles. The second kappa shape index (κ2) is 10.6. The van der Waals surface area contributed by atoms with E-state index in [0.717, 1.165) is 21.2 Å². The highest BCUT2D eigenvalue weighted by molar-refractivity contribution is 8.00. The lowest BCUT2D eigenvalue weighted by molar-refractivity contribution is -0.123. The molecule has 2 bridgehead atoms. The summed E-state index contributed by atoms with van der Waals surface area (Å²) in [6.07, 6.45) is 0.808. The number of fused-ring (bicyclic) bond motifs is 9. The van der Waals surface area contributed by atoms with Gasteiger partial charge in [-0.15, -0.1) is 23.1 Å². The molecule has 8 nitrogen and oxygen atoms in total. The first-order valence-electron chi connectivity index (χ1n) is 14.3.